The van der Waals surface area contributed by atoms with E-state index in [1.807, 2.05) is 18.2 Å². The van der Waals surface area contributed by atoms with E-state index in [4.69, 9.17) is 0 Å². The smallest absolute Gasteiger partial charge is 0.264 e. The van der Waals surface area contributed by atoms with Crippen molar-refractivity contribution in [1.29, 1.82) is 0 Å². The Morgan fingerprint density at radius 1 is 1.26 bits per heavy atom. The molecule has 1 fully saturated rings. The van der Waals surface area contributed by atoms with Gasteiger partial charge in [-0.15, -0.1) is 0 Å². The number of thioether (sulfide) groups is 1. The van der Waals surface area contributed by atoms with Gasteiger partial charge in [-0.1, -0.05) is 26.0 Å². The van der Waals surface area contributed by atoms with E-state index in [-0.39, 0.29) is 11.4 Å². The number of aryl methyl sites for hydroxylation is 2. The van der Waals surface area contributed by atoms with E-state index in [9.17, 15) is 4.79 Å². The molecule has 1 N–H and O–H groups in total. The first kappa shape index (κ1) is 21.7. The molecule has 0 saturated carbocycles. The Bertz CT molecular complexity index is 1080. The zero-order chi connectivity index (χ0) is 22.3. The maximum atomic E-state index is 12.6. The van der Waals surface area contributed by atoms with Gasteiger partial charge in [0.15, 0.2) is 5.17 Å². The second-order valence-corrected chi connectivity index (χ2v) is 10.3. The Kier molecular flexibility index (Phi) is 5.73. The van der Waals surface area contributed by atoms with Crippen LogP contribution in [-0.4, -0.2) is 23.7 Å². The Balaban J connectivity index is 1.62. The normalized spacial score (nSPS) is 22.7. The van der Waals surface area contributed by atoms with Gasteiger partial charge in [0.05, 0.1) is 10.6 Å². The third kappa shape index (κ3) is 4.29. The van der Waals surface area contributed by atoms with Crippen LogP contribution in [-0.2, 0) is 11.2 Å². The summed E-state index contributed by atoms with van der Waals surface area (Å²) in [6, 6.07) is 12.7. The summed E-state index contributed by atoms with van der Waals surface area (Å²) in [6.07, 6.45) is 4.12. The van der Waals surface area contributed by atoms with E-state index in [2.05, 4.69) is 81.1 Å². The summed E-state index contributed by atoms with van der Waals surface area (Å²) in [4.78, 5) is 20.3. The number of carbonyl (C=O) groups excluding carboxylic acids is 1. The first-order valence-corrected chi connectivity index (χ1v) is 11.8. The largest absolute Gasteiger partial charge is 0.369 e. The minimum atomic E-state index is -0.0858. The van der Waals surface area contributed by atoms with Crippen LogP contribution < -0.4 is 10.2 Å². The van der Waals surface area contributed by atoms with Gasteiger partial charge in [0.1, 0.15) is 0 Å². The van der Waals surface area contributed by atoms with Gasteiger partial charge in [0.25, 0.3) is 5.91 Å². The molecule has 4 nitrogen and oxygen atoms in total. The van der Waals surface area contributed by atoms with E-state index in [0.717, 1.165) is 24.1 Å². The van der Waals surface area contributed by atoms with Gasteiger partial charge in [0, 0.05) is 18.3 Å². The number of hydrogen-bond acceptors (Lipinski definition) is 4. The molecule has 162 valence electrons. The fourth-order valence-electron chi connectivity index (χ4n) is 4.44. The van der Waals surface area contributed by atoms with Gasteiger partial charge in [0.2, 0.25) is 0 Å². The zero-order valence-electron chi connectivity index (χ0n) is 19.2. The molecular weight excluding hydrogens is 402 g/mol. The molecule has 4 rings (SSSR count). The van der Waals surface area contributed by atoms with E-state index in [1.54, 1.807) is 0 Å². The fraction of sp³-hybridized carbons (Fsp3) is 0.385. The molecule has 5 heteroatoms. The minimum absolute atomic E-state index is 0.0858. The topological polar surface area (TPSA) is 44.7 Å². The second-order valence-electron chi connectivity index (χ2n) is 9.25. The molecular formula is C26H31N3OS. The molecule has 31 heavy (non-hydrogen) atoms. The van der Waals surface area contributed by atoms with Crippen molar-refractivity contribution >= 4 is 40.3 Å². The van der Waals surface area contributed by atoms with Gasteiger partial charge >= 0.3 is 0 Å². The van der Waals surface area contributed by atoms with Crippen molar-refractivity contribution in [2.75, 3.05) is 11.9 Å². The minimum Gasteiger partial charge on any atom is -0.369 e. The molecule has 2 heterocycles. The monoisotopic (exact) mass is 433 g/mol. The SMILES string of the molecule is CCc1ccc(N=C2NC(=O)/C(=C\c3cc4c(cc3C)N(C)C(C)(C)CC4C)S2)cc1. The molecule has 2 aromatic carbocycles. The number of rotatable bonds is 3. The maximum Gasteiger partial charge on any atom is 0.264 e. The maximum absolute atomic E-state index is 12.6. The number of hydrogen-bond donors (Lipinski definition) is 1. The van der Waals surface area contributed by atoms with Gasteiger partial charge in [-0.2, -0.15) is 0 Å². The summed E-state index contributed by atoms with van der Waals surface area (Å²) in [6.45, 7) is 11.1. The van der Waals surface area contributed by atoms with Crippen LogP contribution in [0, 0.1) is 6.92 Å². The highest BCUT2D eigenvalue weighted by Crippen LogP contribution is 2.44. The molecule has 0 spiro atoms. The van der Waals surface area contributed by atoms with Crippen molar-refractivity contribution in [2.24, 2.45) is 4.99 Å². The van der Waals surface area contributed by atoms with Gasteiger partial charge < -0.3 is 10.2 Å². The van der Waals surface area contributed by atoms with Crippen LogP contribution >= 0.6 is 11.8 Å². The highest BCUT2D eigenvalue weighted by molar-refractivity contribution is 8.18. The molecule has 2 aliphatic rings. The molecule has 1 saturated heterocycles. The summed E-state index contributed by atoms with van der Waals surface area (Å²) in [5.74, 6) is 0.393. The molecule has 0 aromatic heterocycles. The number of fused-ring (bicyclic) bond motifs is 1. The van der Waals surface area contributed by atoms with Gasteiger partial charge in [-0.25, -0.2) is 4.99 Å². The molecule has 0 radical (unpaired) electrons. The van der Waals surface area contributed by atoms with Crippen molar-refractivity contribution < 1.29 is 4.79 Å². The third-order valence-electron chi connectivity index (χ3n) is 6.53. The summed E-state index contributed by atoms with van der Waals surface area (Å²) < 4.78 is 0. The summed E-state index contributed by atoms with van der Waals surface area (Å²) in [5.41, 5.74) is 7.20. The molecule has 0 aliphatic carbocycles. The highest BCUT2D eigenvalue weighted by atomic mass is 32.2. The predicted molar refractivity (Wildman–Crippen MR) is 133 cm³/mol. The molecule has 2 aromatic rings. The summed E-state index contributed by atoms with van der Waals surface area (Å²) in [7, 11) is 2.18. The Hall–Kier alpha value is -2.53. The number of aliphatic imine (C=N–C) groups is 1. The number of benzene rings is 2. The quantitative estimate of drug-likeness (QED) is 0.589. The van der Waals surface area contributed by atoms with Crippen LogP contribution in [0.25, 0.3) is 6.08 Å². The highest BCUT2D eigenvalue weighted by Gasteiger charge is 2.34. The van der Waals surface area contributed by atoms with Crippen molar-refractivity contribution in [3.63, 3.8) is 0 Å². The zero-order valence-corrected chi connectivity index (χ0v) is 20.1. The van der Waals surface area contributed by atoms with E-state index < -0.39 is 0 Å². The number of nitrogens with one attached hydrogen (secondary N) is 1. The lowest BCUT2D eigenvalue weighted by atomic mass is 9.79. The predicted octanol–water partition coefficient (Wildman–Crippen LogP) is 6.17. The summed E-state index contributed by atoms with van der Waals surface area (Å²) in [5, 5.41) is 3.54. The number of carbonyl (C=O) groups is 1. The van der Waals surface area contributed by atoms with E-state index >= 15 is 0 Å². The van der Waals surface area contributed by atoms with Crippen LogP contribution in [0.2, 0.25) is 0 Å². The lowest BCUT2D eigenvalue weighted by Crippen LogP contribution is -2.45. The molecule has 1 unspecified atom stereocenters. The molecule has 1 amide bonds. The van der Waals surface area contributed by atoms with Crippen molar-refractivity contribution in [2.45, 2.75) is 58.9 Å². The fourth-order valence-corrected chi connectivity index (χ4v) is 5.27. The van der Waals surface area contributed by atoms with Crippen LogP contribution in [0.5, 0.6) is 0 Å². The average molecular weight is 434 g/mol. The first-order chi connectivity index (χ1) is 14.7. The number of nitrogens with zero attached hydrogens (tertiary/aromatic N) is 2. The van der Waals surface area contributed by atoms with Gasteiger partial charge in [-0.3, -0.25) is 4.79 Å². The average Bonchev–Trinajstić information content (AvgIpc) is 3.06. The van der Waals surface area contributed by atoms with E-state index in [0.29, 0.717) is 16.0 Å². The lowest BCUT2D eigenvalue weighted by molar-refractivity contribution is -0.115. The first-order valence-electron chi connectivity index (χ1n) is 10.9. The van der Waals surface area contributed by atoms with Gasteiger partial charge in [-0.05, 0) is 104 Å². The Morgan fingerprint density at radius 3 is 2.65 bits per heavy atom. The number of amidine groups is 1. The molecule has 1 atom stereocenters. The third-order valence-corrected chi connectivity index (χ3v) is 7.44. The van der Waals surface area contributed by atoms with Crippen LogP contribution in [0.1, 0.15) is 62.3 Å². The van der Waals surface area contributed by atoms with Crippen LogP contribution in [0.4, 0.5) is 11.4 Å². The van der Waals surface area contributed by atoms with Crippen molar-refractivity contribution in [1.82, 2.24) is 5.32 Å². The van der Waals surface area contributed by atoms with Crippen molar-refractivity contribution in [3.8, 4) is 0 Å². The number of anilines is 1. The van der Waals surface area contributed by atoms with Crippen LogP contribution in [0.3, 0.4) is 0 Å². The van der Waals surface area contributed by atoms with Crippen molar-refractivity contribution in [3.05, 3.63) is 63.6 Å². The standard InChI is InChI=1S/C26H31N3OS/c1-7-18-8-10-20(11-9-18)27-25-28-24(30)23(31-25)14-19-13-21-17(3)15-26(4,5)29(6)22(21)12-16(19)2/h8-14,17H,7,15H2,1-6H3,(H,27,28,30)/b23-14+. The molecule has 2 aliphatic heterocycles. The lowest BCUT2D eigenvalue weighted by Gasteiger charge is -2.45. The number of amides is 1. The second kappa shape index (κ2) is 8.19. The Labute approximate surface area is 189 Å². The Morgan fingerprint density at radius 2 is 1.97 bits per heavy atom. The summed E-state index contributed by atoms with van der Waals surface area (Å²) >= 11 is 1.41. The van der Waals surface area contributed by atoms with E-state index in [1.165, 1.54) is 34.1 Å². The molecule has 0 bridgehead atoms. The van der Waals surface area contributed by atoms with Crippen LogP contribution in [0.15, 0.2) is 46.3 Å².